The van der Waals surface area contributed by atoms with E-state index in [-0.39, 0.29) is 17.7 Å². The number of ether oxygens (including phenoxy) is 2. The Kier molecular flexibility index (Phi) is 7.03. The number of aromatic nitrogens is 4. The fraction of sp³-hybridized carbons (Fsp3) is 0.290. The summed E-state index contributed by atoms with van der Waals surface area (Å²) in [5.74, 6) is 1.48. The summed E-state index contributed by atoms with van der Waals surface area (Å²) in [5, 5.41) is 13.2. The Morgan fingerprint density at radius 2 is 1.93 bits per heavy atom. The number of hydrogen-bond acceptors (Lipinski definition) is 7. The van der Waals surface area contributed by atoms with Gasteiger partial charge in [-0.05, 0) is 43.7 Å². The van der Waals surface area contributed by atoms with Gasteiger partial charge in [0.1, 0.15) is 29.6 Å². The first-order chi connectivity index (χ1) is 20.3. The first-order valence-corrected chi connectivity index (χ1v) is 13.7. The highest BCUT2D eigenvalue weighted by molar-refractivity contribution is 6.08. The topological polar surface area (TPSA) is 123 Å². The highest BCUT2D eigenvalue weighted by Crippen LogP contribution is 2.37. The minimum absolute atomic E-state index is 0.0171. The lowest BCUT2D eigenvalue weighted by Crippen LogP contribution is -2.30. The second kappa shape index (κ2) is 10.8. The SMILES string of the molecule is COc1cc(-c2nc(C3CCN(C(=O)CO)C3)n3ccnc(C)c23)ccc1NC(=O)c1cc2c(OC)cccc2n1C. The van der Waals surface area contributed by atoms with Crippen molar-refractivity contribution in [3.05, 3.63) is 72.1 Å². The number of amides is 2. The molecule has 0 radical (unpaired) electrons. The number of methoxy groups -OCH3 is 2. The second-order valence-corrected chi connectivity index (χ2v) is 10.4. The number of fused-ring (bicyclic) bond motifs is 2. The average molecular weight is 569 g/mol. The Balaban J connectivity index is 1.34. The van der Waals surface area contributed by atoms with Crippen LogP contribution in [0.4, 0.5) is 5.69 Å². The van der Waals surface area contributed by atoms with E-state index in [2.05, 4.69) is 10.3 Å². The van der Waals surface area contributed by atoms with Crippen LogP contribution in [0.15, 0.2) is 54.9 Å². The van der Waals surface area contributed by atoms with Crippen LogP contribution >= 0.6 is 0 Å². The number of likely N-dealkylation sites (tertiary alicyclic amines) is 1. The maximum absolute atomic E-state index is 13.4. The van der Waals surface area contributed by atoms with Gasteiger partial charge in [0.25, 0.3) is 5.91 Å². The predicted octanol–water partition coefficient (Wildman–Crippen LogP) is 3.77. The Morgan fingerprint density at radius 1 is 1.12 bits per heavy atom. The molecule has 2 N–H and O–H groups in total. The molecule has 216 valence electrons. The fourth-order valence-corrected chi connectivity index (χ4v) is 5.86. The monoisotopic (exact) mass is 568 g/mol. The highest BCUT2D eigenvalue weighted by atomic mass is 16.5. The molecule has 1 saturated heterocycles. The molecule has 1 unspecified atom stereocenters. The molecule has 0 bridgehead atoms. The molecule has 11 heteroatoms. The van der Waals surface area contributed by atoms with Crippen LogP contribution in [0.2, 0.25) is 0 Å². The van der Waals surface area contributed by atoms with E-state index in [4.69, 9.17) is 14.5 Å². The summed E-state index contributed by atoms with van der Waals surface area (Å²) < 4.78 is 15.1. The average Bonchev–Trinajstić information content (AvgIpc) is 3.73. The Morgan fingerprint density at radius 3 is 2.69 bits per heavy atom. The van der Waals surface area contributed by atoms with Crippen LogP contribution in [0.1, 0.15) is 34.3 Å². The molecule has 4 heterocycles. The van der Waals surface area contributed by atoms with E-state index in [9.17, 15) is 14.7 Å². The van der Waals surface area contributed by atoms with E-state index in [0.29, 0.717) is 36.0 Å². The number of hydrogen-bond donors (Lipinski definition) is 2. The number of aryl methyl sites for hydroxylation is 2. The standard InChI is InChI=1S/C31H32N6O5/c1-18-29-28(34-30(37(29)13-11-32-18)20-10-12-36(16-20)27(39)17-38)19-8-9-22(26(14-19)42-4)33-31(40)24-15-21-23(35(24)2)6-5-7-25(21)41-3/h5-9,11,13-15,20,38H,10,12,16-17H2,1-4H3,(H,33,40). The van der Waals surface area contributed by atoms with Crippen molar-refractivity contribution in [3.63, 3.8) is 0 Å². The van der Waals surface area contributed by atoms with Crippen LogP contribution in [-0.4, -0.2) is 74.7 Å². The van der Waals surface area contributed by atoms with Crippen molar-refractivity contribution in [2.45, 2.75) is 19.3 Å². The van der Waals surface area contributed by atoms with Gasteiger partial charge >= 0.3 is 0 Å². The fourth-order valence-electron chi connectivity index (χ4n) is 5.86. The Hall–Kier alpha value is -4.90. The molecule has 2 aromatic carbocycles. The van der Waals surface area contributed by atoms with E-state index in [1.165, 1.54) is 0 Å². The molecule has 5 aromatic rings. The summed E-state index contributed by atoms with van der Waals surface area (Å²) in [5.41, 5.74) is 5.12. The van der Waals surface area contributed by atoms with Crippen LogP contribution < -0.4 is 14.8 Å². The van der Waals surface area contributed by atoms with E-state index in [1.54, 1.807) is 25.3 Å². The third-order valence-electron chi connectivity index (χ3n) is 8.03. The lowest BCUT2D eigenvalue weighted by molar-refractivity contribution is -0.133. The van der Waals surface area contributed by atoms with Crippen LogP contribution in [0.5, 0.6) is 11.5 Å². The van der Waals surface area contributed by atoms with Gasteiger partial charge in [0.2, 0.25) is 5.91 Å². The van der Waals surface area contributed by atoms with Gasteiger partial charge in [-0.3, -0.25) is 19.0 Å². The molecule has 1 aliphatic rings. The number of aliphatic hydroxyl groups is 1. The van der Waals surface area contributed by atoms with Gasteiger partial charge in [0, 0.05) is 49.4 Å². The maximum atomic E-state index is 13.4. The van der Waals surface area contributed by atoms with Crippen LogP contribution in [0.25, 0.3) is 27.7 Å². The Labute approximate surface area is 242 Å². The minimum Gasteiger partial charge on any atom is -0.496 e. The zero-order chi connectivity index (χ0) is 29.5. The summed E-state index contributed by atoms with van der Waals surface area (Å²) >= 11 is 0. The minimum atomic E-state index is -0.499. The summed E-state index contributed by atoms with van der Waals surface area (Å²) in [6.07, 6.45) is 4.38. The van der Waals surface area contributed by atoms with Gasteiger partial charge in [-0.1, -0.05) is 12.1 Å². The lowest BCUT2D eigenvalue weighted by atomic mass is 10.1. The van der Waals surface area contributed by atoms with Crippen molar-refractivity contribution in [2.24, 2.45) is 7.05 Å². The van der Waals surface area contributed by atoms with Crippen molar-refractivity contribution in [2.75, 3.05) is 39.2 Å². The van der Waals surface area contributed by atoms with E-state index in [1.807, 2.05) is 71.6 Å². The molecule has 2 amide bonds. The third kappa shape index (κ3) is 4.51. The van der Waals surface area contributed by atoms with Crippen LogP contribution in [0.3, 0.4) is 0 Å². The molecule has 11 nitrogen and oxygen atoms in total. The first-order valence-electron chi connectivity index (χ1n) is 13.7. The molecular formula is C31H32N6O5. The number of carbonyl (C=O) groups is 2. The maximum Gasteiger partial charge on any atom is 0.272 e. The molecular weight excluding hydrogens is 536 g/mol. The number of carbonyl (C=O) groups excluding carboxylic acids is 2. The van der Waals surface area contributed by atoms with Gasteiger partial charge in [0.05, 0.1) is 42.3 Å². The van der Waals surface area contributed by atoms with E-state index in [0.717, 1.165) is 45.6 Å². The van der Waals surface area contributed by atoms with Gasteiger partial charge < -0.3 is 29.4 Å². The van der Waals surface area contributed by atoms with Crippen LogP contribution in [-0.2, 0) is 11.8 Å². The third-order valence-corrected chi connectivity index (χ3v) is 8.03. The van der Waals surface area contributed by atoms with Gasteiger partial charge in [-0.2, -0.15) is 0 Å². The van der Waals surface area contributed by atoms with Crippen LogP contribution in [0, 0.1) is 6.92 Å². The number of benzene rings is 2. The van der Waals surface area contributed by atoms with Crippen molar-refractivity contribution >= 4 is 33.9 Å². The largest absolute Gasteiger partial charge is 0.496 e. The predicted molar refractivity (Wildman–Crippen MR) is 158 cm³/mol. The summed E-state index contributed by atoms with van der Waals surface area (Å²) in [4.78, 5) is 36.7. The van der Waals surface area contributed by atoms with Crippen molar-refractivity contribution in [3.8, 4) is 22.8 Å². The summed E-state index contributed by atoms with van der Waals surface area (Å²) in [6.45, 7) is 2.50. The van der Waals surface area contributed by atoms with Crippen molar-refractivity contribution in [1.82, 2.24) is 23.8 Å². The molecule has 0 spiro atoms. The number of imidazole rings is 1. The van der Waals surface area contributed by atoms with Crippen molar-refractivity contribution in [1.29, 1.82) is 0 Å². The number of rotatable bonds is 7. The zero-order valence-electron chi connectivity index (χ0n) is 23.9. The van der Waals surface area contributed by atoms with E-state index >= 15 is 0 Å². The molecule has 42 heavy (non-hydrogen) atoms. The lowest BCUT2D eigenvalue weighted by Gasteiger charge is -2.14. The number of aliphatic hydroxyl groups excluding tert-OH is 1. The first kappa shape index (κ1) is 27.3. The van der Waals surface area contributed by atoms with Crippen molar-refractivity contribution < 1.29 is 24.2 Å². The molecule has 1 fully saturated rings. The molecule has 1 aliphatic heterocycles. The molecule has 3 aromatic heterocycles. The quantitative estimate of drug-likeness (QED) is 0.306. The van der Waals surface area contributed by atoms with Gasteiger partial charge in [-0.15, -0.1) is 0 Å². The number of anilines is 1. The van der Waals surface area contributed by atoms with Gasteiger partial charge in [-0.25, -0.2) is 4.98 Å². The summed E-state index contributed by atoms with van der Waals surface area (Å²) in [6, 6.07) is 13.1. The zero-order valence-corrected chi connectivity index (χ0v) is 23.9. The Bertz CT molecular complexity index is 1840. The second-order valence-electron chi connectivity index (χ2n) is 10.4. The van der Waals surface area contributed by atoms with E-state index < -0.39 is 6.61 Å². The highest BCUT2D eigenvalue weighted by Gasteiger charge is 2.31. The van der Waals surface area contributed by atoms with Gasteiger partial charge in [0.15, 0.2) is 0 Å². The molecule has 1 atom stereocenters. The molecule has 0 saturated carbocycles. The normalized spacial score (nSPS) is 15.0. The number of nitrogens with zero attached hydrogens (tertiary/aromatic N) is 5. The number of nitrogens with one attached hydrogen (secondary N) is 1. The smallest absolute Gasteiger partial charge is 0.272 e. The molecule has 6 rings (SSSR count). The molecule has 0 aliphatic carbocycles. The summed E-state index contributed by atoms with van der Waals surface area (Å²) in [7, 11) is 5.02.